The summed E-state index contributed by atoms with van der Waals surface area (Å²) in [6, 6.07) is 17.3. The van der Waals surface area contributed by atoms with Gasteiger partial charge in [0, 0.05) is 19.0 Å². The topological polar surface area (TPSA) is 73.1 Å². The fourth-order valence-electron chi connectivity index (χ4n) is 4.59. The van der Waals surface area contributed by atoms with Crippen LogP contribution in [0.1, 0.15) is 56.9 Å². The van der Waals surface area contributed by atoms with Gasteiger partial charge in [-0.3, -0.25) is 18.7 Å². The summed E-state index contributed by atoms with van der Waals surface area (Å²) in [6.45, 7) is 0.720. The summed E-state index contributed by atoms with van der Waals surface area (Å²) in [6.07, 6.45) is 7.45. The average Bonchev–Trinajstić information content (AvgIpc) is 2.82. The zero-order valence-electron chi connectivity index (χ0n) is 18.5. The lowest BCUT2D eigenvalue weighted by Crippen LogP contribution is -2.40. The maximum atomic E-state index is 13.2. The molecule has 1 fully saturated rings. The van der Waals surface area contributed by atoms with Gasteiger partial charge in [0.2, 0.25) is 5.91 Å². The number of carbonyl (C=O) groups excluding carboxylic acids is 1. The first kappa shape index (κ1) is 22.1. The maximum Gasteiger partial charge on any atom is 0.331 e. The fraction of sp³-hybridized carbons (Fsp3) is 0.423. The largest absolute Gasteiger partial charge is 0.353 e. The fourth-order valence-corrected chi connectivity index (χ4v) is 4.59. The highest BCUT2D eigenvalue weighted by atomic mass is 16.2. The summed E-state index contributed by atoms with van der Waals surface area (Å²) in [5.74, 6) is 0.0734. The van der Waals surface area contributed by atoms with E-state index < -0.39 is 0 Å². The van der Waals surface area contributed by atoms with Gasteiger partial charge in [0.1, 0.15) is 0 Å². The highest BCUT2D eigenvalue weighted by Gasteiger charge is 2.16. The number of unbranched alkanes of at least 4 members (excludes halogenated alkanes) is 1. The van der Waals surface area contributed by atoms with E-state index in [9.17, 15) is 14.4 Å². The standard InChI is InChI=1S/C26H31N3O3/c30-24(27-21-13-5-2-6-14-21)17-9-10-18-28-25(31)22-15-7-8-16-23(22)29(26(28)32)19-20-11-3-1-4-12-20/h1,3-4,7-8,11-12,15-16,21H,2,5-6,9-10,13-14,17-19H2,(H,27,30). The third-order valence-electron chi connectivity index (χ3n) is 6.32. The molecule has 0 saturated heterocycles. The van der Waals surface area contributed by atoms with Crippen molar-refractivity contribution in [3.8, 4) is 0 Å². The van der Waals surface area contributed by atoms with Gasteiger partial charge in [-0.15, -0.1) is 0 Å². The smallest absolute Gasteiger partial charge is 0.331 e. The summed E-state index contributed by atoms with van der Waals surface area (Å²) in [5, 5.41) is 3.67. The minimum absolute atomic E-state index is 0.0734. The quantitative estimate of drug-likeness (QED) is 0.549. The third-order valence-corrected chi connectivity index (χ3v) is 6.32. The lowest BCUT2D eigenvalue weighted by Gasteiger charge is -2.22. The number of nitrogens with zero attached hydrogens (tertiary/aromatic N) is 2. The predicted molar refractivity (Wildman–Crippen MR) is 127 cm³/mol. The van der Waals surface area contributed by atoms with Gasteiger partial charge in [0.25, 0.3) is 5.56 Å². The molecule has 1 aliphatic carbocycles. The number of nitrogens with one attached hydrogen (secondary N) is 1. The Bertz CT molecular complexity index is 1170. The Kier molecular flexibility index (Phi) is 7.20. The Morgan fingerprint density at radius 2 is 1.59 bits per heavy atom. The predicted octanol–water partition coefficient (Wildman–Crippen LogP) is 3.83. The molecule has 0 bridgehead atoms. The van der Waals surface area contributed by atoms with Crippen LogP contribution in [-0.2, 0) is 17.9 Å². The van der Waals surface area contributed by atoms with E-state index in [1.807, 2.05) is 48.5 Å². The van der Waals surface area contributed by atoms with Gasteiger partial charge < -0.3 is 5.32 Å². The van der Waals surface area contributed by atoms with Gasteiger partial charge in [0.05, 0.1) is 17.4 Å². The minimum Gasteiger partial charge on any atom is -0.353 e. The van der Waals surface area contributed by atoms with Gasteiger partial charge >= 0.3 is 5.69 Å². The van der Waals surface area contributed by atoms with Gasteiger partial charge in [-0.2, -0.15) is 0 Å². The number of amides is 1. The van der Waals surface area contributed by atoms with Gasteiger partial charge in [-0.1, -0.05) is 61.7 Å². The zero-order valence-corrected chi connectivity index (χ0v) is 18.5. The summed E-state index contributed by atoms with van der Waals surface area (Å²) in [4.78, 5) is 38.5. The van der Waals surface area contributed by atoms with E-state index in [-0.39, 0.29) is 17.2 Å². The number of carbonyl (C=O) groups is 1. The second-order valence-electron chi connectivity index (χ2n) is 8.69. The molecule has 168 valence electrons. The van der Waals surface area contributed by atoms with E-state index in [1.54, 1.807) is 10.6 Å². The van der Waals surface area contributed by atoms with Crippen LogP contribution >= 0.6 is 0 Å². The molecule has 1 aliphatic rings. The number of benzene rings is 2. The Morgan fingerprint density at radius 3 is 2.38 bits per heavy atom. The first-order valence-corrected chi connectivity index (χ1v) is 11.7. The number of rotatable bonds is 8. The number of hydrogen-bond donors (Lipinski definition) is 1. The number of para-hydroxylation sites is 1. The van der Waals surface area contributed by atoms with Crippen LogP contribution in [0, 0.1) is 0 Å². The molecular weight excluding hydrogens is 402 g/mol. The molecule has 3 aromatic rings. The number of fused-ring (bicyclic) bond motifs is 1. The van der Waals surface area contributed by atoms with Crippen molar-refractivity contribution in [2.45, 2.75) is 70.5 Å². The highest BCUT2D eigenvalue weighted by molar-refractivity contribution is 5.78. The summed E-state index contributed by atoms with van der Waals surface area (Å²) in [7, 11) is 0. The molecule has 2 aromatic carbocycles. The van der Waals surface area contributed by atoms with E-state index >= 15 is 0 Å². The van der Waals surface area contributed by atoms with Crippen LogP contribution in [0.15, 0.2) is 64.2 Å². The van der Waals surface area contributed by atoms with Crippen LogP contribution in [-0.4, -0.2) is 21.1 Å². The van der Waals surface area contributed by atoms with Gasteiger partial charge in [0.15, 0.2) is 0 Å². The van der Waals surface area contributed by atoms with Crippen molar-refractivity contribution >= 4 is 16.8 Å². The average molecular weight is 434 g/mol. The lowest BCUT2D eigenvalue weighted by molar-refractivity contribution is -0.122. The van der Waals surface area contributed by atoms with Crippen molar-refractivity contribution in [1.29, 1.82) is 0 Å². The molecule has 1 aromatic heterocycles. The molecule has 0 atom stereocenters. The Morgan fingerprint density at radius 1 is 0.875 bits per heavy atom. The van der Waals surface area contributed by atoms with Crippen molar-refractivity contribution in [1.82, 2.24) is 14.5 Å². The number of hydrogen-bond acceptors (Lipinski definition) is 3. The minimum atomic E-state index is -0.302. The second kappa shape index (κ2) is 10.4. The first-order valence-electron chi connectivity index (χ1n) is 11.7. The molecule has 1 saturated carbocycles. The molecule has 0 unspecified atom stereocenters. The van der Waals surface area contributed by atoms with Crippen molar-refractivity contribution < 1.29 is 4.79 Å². The van der Waals surface area contributed by atoms with Crippen molar-refractivity contribution in [3.05, 3.63) is 81.0 Å². The highest BCUT2D eigenvalue weighted by Crippen LogP contribution is 2.17. The van der Waals surface area contributed by atoms with Crippen LogP contribution < -0.4 is 16.6 Å². The van der Waals surface area contributed by atoms with E-state index in [1.165, 1.54) is 23.8 Å². The molecule has 32 heavy (non-hydrogen) atoms. The summed E-state index contributed by atoms with van der Waals surface area (Å²) < 4.78 is 2.99. The second-order valence-corrected chi connectivity index (χ2v) is 8.69. The normalized spacial score (nSPS) is 14.5. The molecule has 4 rings (SSSR count). The first-order chi connectivity index (χ1) is 15.6. The van der Waals surface area contributed by atoms with E-state index in [2.05, 4.69) is 5.32 Å². The number of aromatic nitrogens is 2. The maximum absolute atomic E-state index is 13.2. The molecule has 1 heterocycles. The van der Waals surface area contributed by atoms with Crippen LogP contribution in [0.25, 0.3) is 10.9 Å². The van der Waals surface area contributed by atoms with Crippen molar-refractivity contribution in [2.75, 3.05) is 0 Å². The van der Waals surface area contributed by atoms with E-state index in [4.69, 9.17) is 0 Å². The van der Waals surface area contributed by atoms with Gasteiger partial charge in [-0.25, -0.2) is 4.79 Å². The van der Waals surface area contributed by atoms with E-state index in [0.29, 0.717) is 49.3 Å². The Balaban J connectivity index is 1.47. The molecule has 0 radical (unpaired) electrons. The lowest BCUT2D eigenvalue weighted by atomic mass is 9.95. The molecule has 0 aliphatic heterocycles. The van der Waals surface area contributed by atoms with Crippen LogP contribution in [0.4, 0.5) is 0 Å². The third kappa shape index (κ3) is 5.18. The van der Waals surface area contributed by atoms with Crippen molar-refractivity contribution in [3.63, 3.8) is 0 Å². The molecular formula is C26H31N3O3. The van der Waals surface area contributed by atoms with Crippen molar-refractivity contribution in [2.24, 2.45) is 0 Å². The monoisotopic (exact) mass is 433 g/mol. The molecule has 6 nitrogen and oxygen atoms in total. The van der Waals surface area contributed by atoms with Gasteiger partial charge in [-0.05, 0) is 43.4 Å². The molecule has 1 N–H and O–H groups in total. The SMILES string of the molecule is O=C(CCCCn1c(=O)c2ccccc2n(Cc2ccccc2)c1=O)NC1CCCCC1. The van der Waals surface area contributed by atoms with Crippen LogP contribution in [0.3, 0.4) is 0 Å². The molecule has 1 amide bonds. The van der Waals surface area contributed by atoms with Crippen LogP contribution in [0.5, 0.6) is 0 Å². The van der Waals surface area contributed by atoms with Crippen LogP contribution in [0.2, 0.25) is 0 Å². The molecule has 0 spiro atoms. The van der Waals surface area contributed by atoms with E-state index in [0.717, 1.165) is 18.4 Å². The summed E-state index contributed by atoms with van der Waals surface area (Å²) >= 11 is 0. The molecule has 6 heteroatoms. The Hall–Kier alpha value is -3.15. The zero-order chi connectivity index (χ0) is 22.3. The Labute approximate surface area is 187 Å². The summed E-state index contributed by atoms with van der Waals surface area (Å²) in [5.41, 5.74) is 1.09.